The number of nitrogens with zero attached hydrogens (tertiary/aromatic N) is 7. The number of benzene rings is 1. The second-order valence-corrected chi connectivity index (χ2v) is 7.32. The van der Waals surface area contributed by atoms with Crippen molar-refractivity contribution in [2.24, 2.45) is 14.1 Å². The molecular weight excluding hydrogens is 384 g/mol. The van der Waals surface area contributed by atoms with Crippen LogP contribution in [0.1, 0.15) is 11.4 Å². The highest BCUT2D eigenvalue weighted by molar-refractivity contribution is 5.87. The van der Waals surface area contributed by atoms with Crippen LogP contribution in [0.2, 0.25) is 0 Å². The summed E-state index contributed by atoms with van der Waals surface area (Å²) < 4.78 is 2.32. The van der Waals surface area contributed by atoms with Gasteiger partial charge >= 0.3 is 5.69 Å². The van der Waals surface area contributed by atoms with E-state index in [1.807, 2.05) is 35.2 Å². The van der Waals surface area contributed by atoms with Crippen LogP contribution in [0, 0.1) is 11.3 Å². The number of rotatable bonds is 3. The van der Waals surface area contributed by atoms with Gasteiger partial charge in [-0.15, -0.1) is 0 Å². The first-order valence-electron chi connectivity index (χ1n) is 9.59. The molecule has 2 N–H and O–H groups in total. The van der Waals surface area contributed by atoms with Gasteiger partial charge in [-0.05, 0) is 12.1 Å². The largest absolute Gasteiger partial charge is 0.383 e. The highest BCUT2D eigenvalue weighted by atomic mass is 16.2. The Bertz CT molecular complexity index is 1280. The molecule has 3 aromatic rings. The number of piperazine rings is 1. The summed E-state index contributed by atoms with van der Waals surface area (Å²) in [5.41, 5.74) is 5.86. The van der Waals surface area contributed by atoms with Crippen LogP contribution in [-0.2, 0) is 20.6 Å². The molecule has 2 aromatic heterocycles. The summed E-state index contributed by atoms with van der Waals surface area (Å²) in [6, 6.07) is 9.59. The average Bonchev–Trinajstić information content (AvgIpc) is 2.75. The van der Waals surface area contributed by atoms with E-state index in [0.29, 0.717) is 50.2 Å². The Morgan fingerprint density at radius 1 is 1.07 bits per heavy atom. The predicted octanol–water partition coefficient (Wildman–Crippen LogP) is -0.197. The lowest BCUT2D eigenvalue weighted by Crippen LogP contribution is -2.50. The van der Waals surface area contributed by atoms with E-state index >= 15 is 0 Å². The van der Waals surface area contributed by atoms with Gasteiger partial charge in [-0.1, -0.05) is 12.1 Å². The Morgan fingerprint density at radius 2 is 1.77 bits per heavy atom. The number of aromatic nitrogens is 4. The molecule has 1 aliphatic rings. The Labute approximate surface area is 172 Å². The molecule has 1 aromatic carbocycles. The SMILES string of the molecule is Cn1c(N2CCN(Cc3nc(N)c4ccccc4n3)CC2)c(C#N)c(=O)n(C)c1=O. The molecule has 0 saturated carbocycles. The molecule has 1 fully saturated rings. The summed E-state index contributed by atoms with van der Waals surface area (Å²) in [4.78, 5) is 37.8. The molecule has 154 valence electrons. The predicted molar refractivity (Wildman–Crippen MR) is 113 cm³/mol. The fourth-order valence-corrected chi connectivity index (χ4v) is 3.84. The lowest BCUT2D eigenvalue weighted by Gasteiger charge is -2.36. The third-order valence-electron chi connectivity index (χ3n) is 5.46. The maximum absolute atomic E-state index is 12.3. The van der Waals surface area contributed by atoms with Gasteiger partial charge in [0.2, 0.25) is 0 Å². The van der Waals surface area contributed by atoms with E-state index < -0.39 is 11.2 Å². The van der Waals surface area contributed by atoms with E-state index in [0.717, 1.165) is 15.5 Å². The highest BCUT2D eigenvalue weighted by Gasteiger charge is 2.25. The van der Waals surface area contributed by atoms with Gasteiger partial charge in [0.05, 0.1) is 12.1 Å². The fourth-order valence-electron chi connectivity index (χ4n) is 3.84. The second-order valence-electron chi connectivity index (χ2n) is 7.32. The van der Waals surface area contributed by atoms with Crippen molar-refractivity contribution in [3.8, 4) is 6.07 Å². The number of nitriles is 1. The monoisotopic (exact) mass is 406 g/mol. The van der Waals surface area contributed by atoms with E-state index in [1.54, 1.807) is 7.05 Å². The smallest absolute Gasteiger partial charge is 0.332 e. The molecule has 0 atom stereocenters. The number of nitrogen functional groups attached to an aromatic ring is 1. The average molecular weight is 406 g/mol. The van der Waals surface area contributed by atoms with Gasteiger partial charge in [0.25, 0.3) is 5.56 Å². The first kappa shape index (κ1) is 19.6. The molecule has 1 saturated heterocycles. The van der Waals surface area contributed by atoms with Crippen molar-refractivity contribution in [2.75, 3.05) is 36.8 Å². The second kappa shape index (κ2) is 7.61. The number of nitrogens with two attached hydrogens (primary N) is 1. The zero-order chi connectivity index (χ0) is 21.4. The van der Waals surface area contributed by atoms with Crippen molar-refractivity contribution >= 4 is 22.5 Å². The van der Waals surface area contributed by atoms with Crippen LogP contribution in [0.15, 0.2) is 33.9 Å². The Morgan fingerprint density at radius 3 is 2.47 bits per heavy atom. The van der Waals surface area contributed by atoms with Gasteiger partial charge in [-0.3, -0.25) is 18.8 Å². The number of para-hydroxylation sites is 1. The van der Waals surface area contributed by atoms with E-state index in [2.05, 4.69) is 14.9 Å². The Kier molecular flexibility index (Phi) is 4.97. The Balaban J connectivity index is 1.54. The molecule has 0 bridgehead atoms. The molecular formula is C20H22N8O2. The minimum absolute atomic E-state index is 0.0151. The van der Waals surface area contributed by atoms with Gasteiger partial charge < -0.3 is 10.6 Å². The number of anilines is 2. The first-order chi connectivity index (χ1) is 14.4. The molecule has 3 heterocycles. The van der Waals surface area contributed by atoms with Crippen LogP contribution >= 0.6 is 0 Å². The molecule has 10 nitrogen and oxygen atoms in total. The highest BCUT2D eigenvalue weighted by Crippen LogP contribution is 2.20. The number of hydrogen-bond donors (Lipinski definition) is 1. The molecule has 4 rings (SSSR count). The summed E-state index contributed by atoms with van der Waals surface area (Å²) in [6.07, 6.45) is 0. The summed E-state index contributed by atoms with van der Waals surface area (Å²) in [5.74, 6) is 1.48. The van der Waals surface area contributed by atoms with Crippen molar-refractivity contribution in [1.29, 1.82) is 5.26 Å². The maximum Gasteiger partial charge on any atom is 0.332 e. The van der Waals surface area contributed by atoms with E-state index in [-0.39, 0.29) is 5.56 Å². The van der Waals surface area contributed by atoms with Crippen LogP contribution in [0.5, 0.6) is 0 Å². The zero-order valence-electron chi connectivity index (χ0n) is 16.9. The Hall–Kier alpha value is -3.71. The minimum Gasteiger partial charge on any atom is -0.383 e. The lowest BCUT2D eigenvalue weighted by molar-refractivity contribution is 0.243. The van der Waals surface area contributed by atoms with Crippen molar-refractivity contribution in [1.82, 2.24) is 24.0 Å². The normalized spacial score (nSPS) is 14.8. The van der Waals surface area contributed by atoms with Crippen LogP contribution in [0.4, 0.5) is 11.6 Å². The standard InChI is InChI=1S/C20H22N8O2/c1-25-18(14(11-21)19(29)26(2)20(25)30)28-9-7-27(8-10-28)12-16-23-15-6-4-3-5-13(15)17(22)24-16/h3-6H,7-10,12H2,1-2H3,(H2,22,23,24). The van der Waals surface area contributed by atoms with Crippen molar-refractivity contribution < 1.29 is 0 Å². The summed E-state index contributed by atoms with van der Waals surface area (Å²) in [7, 11) is 2.96. The molecule has 0 radical (unpaired) electrons. The quantitative estimate of drug-likeness (QED) is 0.634. The molecule has 30 heavy (non-hydrogen) atoms. The third kappa shape index (κ3) is 3.29. The number of hydrogen-bond acceptors (Lipinski definition) is 8. The summed E-state index contributed by atoms with van der Waals surface area (Å²) in [6.45, 7) is 3.02. The molecule has 0 amide bonds. The van der Waals surface area contributed by atoms with Gasteiger partial charge in [-0.2, -0.15) is 5.26 Å². The van der Waals surface area contributed by atoms with Crippen molar-refractivity contribution in [3.63, 3.8) is 0 Å². The lowest BCUT2D eigenvalue weighted by atomic mass is 10.2. The maximum atomic E-state index is 12.3. The zero-order valence-corrected chi connectivity index (χ0v) is 16.9. The topological polar surface area (TPSA) is 126 Å². The van der Waals surface area contributed by atoms with Crippen LogP contribution in [-0.4, -0.2) is 50.2 Å². The molecule has 0 spiro atoms. The van der Waals surface area contributed by atoms with E-state index in [1.165, 1.54) is 11.6 Å². The first-order valence-corrected chi connectivity index (χ1v) is 9.59. The molecule has 0 aliphatic carbocycles. The summed E-state index contributed by atoms with van der Waals surface area (Å²) in [5, 5.41) is 10.3. The summed E-state index contributed by atoms with van der Waals surface area (Å²) >= 11 is 0. The van der Waals surface area contributed by atoms with Gasteiger partial charge in [-0.25, -0.2) is 14.8 Å². The van der Waals surface area contributed by atoms with Gasteiger partial charge in [0.1, 0.15) is 23.5 Å². The number of fused-ring (bicyclic) bond motifs is 1. The molecule has 1 aliphatic heterocycles. The molecule has 0 unspecified atom stereocenters. The van der Waals surface area contributed by atoms with Crippen LogP contribution in [0.25, 0.3) is 10.9 Å². The van der Waals surface area contributed by atoms with Crippen LogP contribution in [0.3, 0.4) is 0 Å². The van der Waals surface area contributed by atoms with E-state index in [9.17, 15) is 14.9 Å². The van der Waals surface area contributed by atoms with Crippen LogP contribution < -0.4 is 21.9 Å². The van der Waals surface area contributed by atoms with Crippen molar-refractivity contribution in [2.45, 2.75) is 6.54 Å². The third-order valence-corrected chi connectivity index (χ3v) is 5.46. The van der Waals surface area contributed by atoms with Crippen molar-refractivity contribution in [3.05, 3.63) is 56.5 Å². The van der Waals surface area contributed by atoms with E-state index in [4.69, 9.17) is 5.73 Å². The fraction of sp³-hybridized carbons (Fsp3) is 0.350. The van der Waals surface area contributed by atoms with Gasteiger partial charge in [0, 0.05) is 45.7 Å². The van der Waals surface area contributed by atoms with Gasteiger partial charge in [0.15, 0.2) is 5.56 Å². The minimum atomic E-state index is -0.571. The molecule has 10 heteroatoms.